The van der Waals surface area contributed by atoms with Crippen LogP contribution in [0.4, 0.5) is 5.69 Å². The van der Waals surface area contributed by atoms with Gasteiger partial charge in [-0.25, -0.2) is 9.97 Å². The van der Waals surface area contributed by atoms with Crippen molar-refractivity contribution >= 4 is 11.6 Å². The standard InChI is InChI=1S/C25H29N3O3/c1-17-23(14-26-18(2)27-17)31-16-25(20-9-5-4-6-10-20)13-22(25)24(29)28-21-11-7-8-19(12-21)15-30-3/h4-9,11-12,14,20,22H,10,13,15-16H2,1-3H3,(H,28,29)/t20?,22-,25+/m0/s1. The number of methoxy groups -OCH3 is 1. The molecule has 1 aromatic heterocycles. The molecule has 6 nitrogen and oxygen atoms in total. The fourth-order valence-corrected chi connectivity index (χ4v) is 4.42. The number of nitrogens with one attached hydrogen (secondary N) is 1. The Morgan fingerprint density at radius 2 is 2.16 bits per heavy atom. The summed E-state index contributed by atoms with van der Waals surface area (Å²) in [5, 5.41) is 3.10. The first kappa shape index (κ1) is 21.2. The molecule has 0 bridgehead atoms. The van der Waals surface area contributed by atoms with Crippen LogP contribution in [-0.2, 0) is 16.1 Å². The van der Waals surface area contributed by atoms with Crippen molar-refractivity contribution in [2.24, 2.45) is 17.3 Å². The summed E-state index contributed by atoms with van der Waals surface area (Å²) in [6.07, 6.45) is 11.9. The van der Waals surface area contributed by atoms with Crippen LogP contribution in [0, 0.1) is 31.1 Å². The number of carbonyl (C=O) groups excluding carboxylic acids is 1. The number of ether oxygens (including phenoxy) is 2. The van der Waals surface area contributed by atoms with Gasteiger partial charge in [0.2, 0.25) is 5.91 Å². The number of allylic oxidation sites excluding steroid dienone is 4. The zero-order valence-corrected chi connectivity index (χ0v) is 18.3. The van der Waals surface area contributed by atoms with Crippen LogP contribution in [0.1, 0.15) is 29.9 Å². The summed E-state index contributed by atoms with van der Waals surface area (Å²) in [7, 11) is 1.66. The van der Waals surface area contributed by atoms with Gasteiger partial charge in [-0.1, -0.05) is 36.4 Å². The lowest BCUT2D eigenvalue weighted by atomic mass is 9.82. The van der Waals surface area contributed by atoms with E-state index in [1.165, 1.54) is 0 Å². The quantitative estimate of drug-likeness (QED) is 0.687. The van der Waals surface area contributed by atoms with Gasteiger partial charge in [-0.05, 0) is 50.3 Å². The first-order chi connectivity index (χ1) is 15.0. The zero-order chi connectivity index (χ0) is 21.8. The first-order valence-corrected chi connectivity index (χ1v) is 10.7. The lowest BCUT2D eigenvalue weighted by Gasteiger charge is -2.26. The second-order valence-electron chi connectivity index (χ2n) is 8.42. The smallest absolute Gasteiger partial charge is 0.228 e. The Labute approximate surface area is 183 Å². The molecule has 162 valence electrons. The molecule has 1 amide bonds. The second-order valence-corrected chi connectivity index (χ2v) is 8.42. The Kier molecular flexibility index (Phi) is 6.18. The molecule has 4 rings (SSSR count). The molecule has 0 saturated heterocycles. The minimum Gasteiger partial charge on any atom is -0.489 e. The van der Waals surface area contributed by atoms with E-state index in [1.54, 1.807) is 13.3 Å². The van der Waals surface area contributed by atoms with Gasteiger partial charge in [0.25, 0.3) is 0 Å². The van der Waals surface area contributed by atoms with E-state index < -0.39 is 0 Å². The molecule has 2 aliphatic rings. The summed E-state index contributed by atoms with van der Waals surface area (Å²) in [5.74, 6) is 1.60. The average Bonchev–Trinajstić information content (AvgIpc) is 3.50. The monoisotopic (exact) mass is 419 g/mol. The molecule has 3 atom stereocenters. The lowest BCUT2D eigenvalue weighted by Crippen LogP contribution is -2.29. The highest BCUT2D eigenvalue weighted by Crippen LogP contribution is 2.60. The molecular formula is C25H29N3O3. The van der Waals surface area contributed by atoms with E-state index in [4.69, 9.17) is 9.47 Å². The number of nitrogens with zero attached hydrogens (tertiary/aromatic N) is 2. The van der Waals surface area contributed by atoms with Crippen LogP contribution in [0.2, 0.25) is 0 Å². The summed E-state index contributed by atoms with van der Waals surface area (Å²) in [6, 6.07) is 7.79. The normalized spacial score (nSPS) is 24.1. The summed E-state index contributed by atoms with van der Waals surface area (Å²) in [5.41, 5.74) is 2.41. The number of aromatic nitrogens is 2. The molecule has 31 heavy (non-hydrogen) atoms. The second kappa shape index (κ2) is 9.02. The Balaban J connectivity index is 1.49. The minimum absolute atomic E-state index is 0.0398. The SMILES string of the molecule is COCc1cccc(NC(=O)[C@@H]2C[C@@]2(COc2cnc(C)nc2C)C2C=CC=CC2)c1. The van der Waals surface area contributed by atoms with Crippen molar-refractivity contribution in [3.8, 4) is 5.75 Å². The number of aryl methyl sites for hydroxylation is 2. The fourth-order valence-electron chi connectivity index (χ4n) is 4.42. The first-order valence-electron chi connectivity index (χ1n) is 10.7. The molecule has 1 N–H and O–H groups in total. The van der Waals surface area contributed by atoms with Gasteiger partial charge in [0.05, 0.1) is 25.1 Å². The summed E-state index contributed by atoms with van der Waals surface area (Å²) < 4.78 is 11.4. The third kappa shape index (κ3) is 4.69. The van der Waals surface area contributed by atoms with E-state index >= 15 is 0 Å². The van der Waals surface area contributed by atoms with Crippen molar-refractivity contribution in [1.29, 1.82) is 0 Å². The maximum absolute atomic E-state index is 13.2. The molecule has 1 unspecified atom stereocenters. The number of carbonyl (C=O) groups is 1. The van der Waals surface area contributed by atoms with Crippen molar-refractivity contribution in [3.63, 3.8) is 0 Å². The topological polar surface area (TPSA) is 73.3 Å². The summed E-state index contributed by atoms with van der Waals surface area (Å²) in [4.78, 5) is 21.8. The Bertz CT molecular complexity index is 1020. The van der Waals surface area contributed by atoms with Gasteiger partial charge < -0.3 is 14.8 Å². The maximum atomic E-state index is 13.2. The largest absolute Gasteiger partial charge is 0.489 e. The number of hydrogen-bond acceptors (Lipinski definition) is 5. The van der Waals surface area contributed by atoms with Gasteiger partial charge in [0.1, 0.15) is 5.82 Å². The predicted octanol–water partition coefficient (Wildman–Crippen LogP) is 4.40. The van der Waals surface area contributed by atoms with E-state index in [9.17, 15) is 4.79 Å². The summed E-state index contributed by atoms with van der Waals surface area (Å²) >= 11 is 0. The molecule has 2 aromatic rings. The molecule has 0 spiro atoms. The third-order valence-corrected chi connectivity index (χ3v) is 6.21. The van der Waals surface area contributed by atoms with Crippen LogP contribution in [0.3, 0.4) is 0 Å². The van der Waals surface area contributed by atoms with Crippen molar-refractivity contribution in [2.45, 2.75) is 33.3 Å². The van der Waals surface area contributed by atoms with Crippen LogP contribution >= 0.6 is 0 Å². The van der Waals surface area contributed by atoms with Gasteiger partial charge >= 0.3 is 0 Å². The number of benzene rings is 1. The molecule has 1 fully saturated rings. The third-order valence-electron chi connectivity index (χ3n) is 6.21. The van der Waals surface area contributed by atoms with Gasteiger partial charge in [0, 0.05) is 24.1 Å². The Hall–Kier alpha value is -2.99. The van der Waals surface area contributed by atoms with Crippen molar-refractivity contribution in [2.75, 3.05) is 19.0 Å². The number of rotatable bonds is 8. The highest BCUT2D eigenvalue weighted by Gasteiger charge is 2.62. The summed E-state index contributed by atoms with van der Waals surface area (Å²) in [6.45, 7) is 4.76. The molecule has 1 aromatic carbocycles. The van der Waals surface area contributed by atoms with Crippen LogP contribution in [0.5, 0.6) is 5.75 Å². The van der Waals surface area contributed by atoms with Gasteiger partial charge in [-0.15, -0.1) is 0 Å². The van der Waals surface area contributed by atoms with Crippen LogP contribution < -0.4 is 10.1 Å². The van der Waals surface area contributed by atoms with Crippen molar-refractivity contribution in [1.82, 2.24) is 9.97 Å². The molecule has 2 aliphatic carbocycles. The predicted molar refractivity (Wildman–Crippen MR) is 120 cm³/mol. The van der Waals surface area contributed by atoms with Crippen molar-refractivity contribution < 1.29 is 14.3 Å². The highest BCUT2D eigenvalue weighted by atomic mass is 16.5. The number of hydrogen-bond donors (Lipinski definition) is 1. The van der Waals surface area contributed by atoms with Gasteiger partial charge in [-0.2, -0.15) is 0 Å². The van der Waals surface area contributed by atoms with E-state index in [0.717, 1.165) is 35.6 Å². The number of amides is 1. The van der Waals surface area contributed by atoms with E-state index in [2.05, 4.69) is 39.6 Å². The molecular weight excluding hydrogens is 390 g/mol. The Morgan fingerprint density at radius 3 is 2.90 bits per heavy atom. The molecule has 1 saturated carbocycles. The average molecular weight is 420 g/mol. The van der Waals surface area contributed by atoms with E-state index in [-0.39, 0.29) is 23.2 Å². The maximum Gasteiger partial charge on any atom is 0.228 e. The number of anilines is 1. The van der Waals surface area contributed by atoms with Crippen LogP contribution in [0.15, 0.2) is 54.8 Å². The zero-order valence-electron chi connectivity index (χ0n) is 18.3. The fraction of sp³-hybridized carbons (Fsp3) is 0.400. The van der Waals surface area contributed by atoms with E-state index in [0.29, 0.717) is 19.0 Å². The van der Waals surface area contributed by atoms with E-state index in [1.807, 2.05) is 38.1 Å². The van der Waals surface area contributed by atoms with Crippen LogP contribution in [0.25, 0.3) is 0 Å². The molecule has 1 heterocycles. The minimum atomic E-state index is -0.229. The van der Waals surface area contributed by atoms with Gasteiger partial charge in [-0.3, -0.25) is 4.79 Å². The van der Waals surface area contributed by atoms with Crippen molar-refractivity contribution in [3.05, 3.63) is 71.8 Å². The highest BCUT2D eigenvalue weighted by molar-refractivity contribution is 5.95. The molecule has 0 aliphatic heterocycles. The Morgan fingerprint density at radius 1 is 1.29 bits per heavy atom. The lowest BCUT2D eigenvalue weighted by molar-refractivity contribution is -0.118. The molecule has 6 heteroatoms. The molecule has 0 radical (unpaired) electrons. The van der Waals surface area contributed by atoms with Crippen LogP contribution in [-0.4, -0.2) is 29.6 Å². The van der Waals surface area contributed by atoms with Gasteiger partial charge in [0.15, 0.2) is 5.75 Å².